The van der Waals surface area contributed by atoms with E-state index in [1.807, 2.05) is 50.2 Å². The number of rotatable bonds is 7. The Balaban J connectivity index is 1.40. The Morgan fingerprint density at radius 1 is 1.33 bits per heavy atom. The van der Waals surface area contributed by atoms with Crippen molar-refractivity contribution in [2.45, 2.75) is 50.7 Å². The summed E-state index contributed by atoms with van der Waals surface area (Å²) in [5.41, 5.74) is 0.865. The maximum absolute atomic E-state index is 13.8. The number of anilines is 1. The zero-order valence-electron chi connectivity index (χ0n) is 19.1. The van der Waals surface area contributed by atoms with Crippen molar-refractivity contribution in [2.75, 3.05) is 19.0 Å². The van der Waals surface area contributed by atoms with Gasteiger partial charge in [-0.2, -0.15) is 0 Å². The molecule has 1 aromatic heterocycles. The smallest absolute Gasteiger partial charge is 0.326 e. The molecule has 4 amide bonds. The number of amides is 4. The Morgan fingerprint density at radius 3 is 2.79 bits per heavy atom. The molecule has 2 fully saturated rings. The average Bonchev–Trinajstić information content (AvgIpc) is 3.34. The van der Waals surface area contributed by atoms with Gasteiger partial charge in [-0.1, -0.05) is 31.2 Å². The second-order valence-electron chi connectivity index (χ2n) is 9.53. The Hall–Kier alpha value is -2.94. The molecule has 5 rings (SSSR count). The summed E-state index contributed by atoms with van der Waals surface area (Å²) in [5, 5.41) is 6.80. The van der Waals surface area contributed by atoms with E-state index in [1.54, 1.807) is 6.20 Å². The van der Waals surface area contributed by atoms with E-state index >= 15 is 0 Å². The maximum Gasteiger partial charge on any atom is 0.326 e. The van der Waals surface area contributed by atoms with Crippen LogP contribution in [0.5, 0.6) is 0 Å². The van der Waals surface area contributed by atoms with Gasteiger partial charge >= 0.3 is 6.03 Å². The monoisotopic (exact) mass is 467 g/mol. The molecule has 2 aliphatic carbocycles. The summed E-state index contributed by atoms with van der Waals surface area (Å²) < 4.78 is 0. The van der Waals surface area contributed by atoms with Crippen molar-refractivity contribution in [2.24, 2.45) is 11.8 Å². The van der Waals surface area contributed by atoms with Crippen molar-refractivity contribution in [3.63, 3.8) is 0 Å². The van der Waals surface area contributed by atoms with E-state index in [0.29, 0.717) is 18.9 Å². The number of thiazole rings is 1. The lowest BCUT2D eigenvalue weighted by atomic mass is 9.89. The van der Waals surface area contributed by atoms with Crippen LogP contribution in [0.3, 0.4) is 0 Å². The number of hydrogen-bond acceptors (Lipinski definition) is 6. The van der Waals surface area contributed by atoms with Gasteiger partial charge in [0.2, 0.25) is 5.91 Å². The Morgan fingerprint density at radius 2 is 2.09 bits per heavy atom. The second kappa shape index (κ2) is 8.13. The van der Waals surface area contributed by atoms with Crippen LogP contribution in [0.25, 0.3) is 0 Å². The highest BCUT2D eigenvalue weighted by molar-refractivity contribution is 7.15. The molecule has 3 aliphatic rings. The number of carbonyl (C=O) groups excluding carboxylic acids is 3. The van der Waals surface area contributed by atoms with Gasteiger partial charge in [-0.25, -0.2) is 14.7 Å². The van der Waals surface area contributed by atoms with Crippen LogP contribution in [-0.4, -0.2) is 47.9 Å². The number of nitrogens with one attached hydrogen (secondary N) is 2. The topological polar surface area (TPSA) is 94.6 Å². The SMILES string of the molecule is C[C@@H](C1CC1)C(C(=O)NCc1cnc(N(C)C)s1)N1C(=O)N[C@]2(CCc3ccccc32)C1=O. The second-order valence-corrected chi connectivity index (χ2v) is 10.6. The molecule has 8 nitrogen and oxygen atoms in total. The van der Waals surface area contributed by atoms with E-state index in [4.69, 9.17) is 0 Å². The van der Waals surface area contributed by atoms with Gasteiger partial charge in [0, 0.05) is 25.2 Å². The van der Waals surface area contributed by atoms with Crippen LogP contribution in [0, 0.1) is 11.8 Å². The zero-order chi connectivity index (χ0) is 23.3. The number of aromatic nitrogens is 1. The molecule has 2 N–H and O–H groups in total. The minimum Gasteiger partial charge on any atom is -0.354 e. The molecule has 1 spiro atoms. The van der Waals surface area contributed by atoms with Crippen molar-refractivity contribution in [1.29, 1.82) is 0 Å². The fourth-order valence-corrected chi connectivity index (χ4v) is 5.92. The van der Waals surface area contributed by atoms with Gasteiger partial charge < -0.3 is 15.5 Å². The van der Waals surface area contributed by atoms with Crippen LogP contribution in [0.2, 0.25) is 0 Å². The van der Waals surface area contributed by atoms with Gasteiger partial charge in [0.25, 0.3) is 5.91 Å². The van der Waals surface area contributed by atoms with E-state index in [-0.39, 0.29) is 17.7 Å². The van der Waals surface area contributed by atoms with Gasteiger partial charge in [-0.3, -0.25) is 9.59 Å². The molecule has 2 heterocycles. The van der Waals surface area contributed by atoms with E-state index in [1.165, 1.54) is 16.2 Å². The molecule has 3 atom stereocenters. The molecule has 0 bridgehead atoms. The van der Waals surface area contributed by atoms with Crippen molar-refractivity contribution in [1.82, 2.24) is 20.5 Å². The third-order valence-electron chi connectivity index (χ3n) is 7.14. The number of fused-ring (bicyclic) bond motifs is 2. The highest BCUT2D eigenvalue weighted by Gasteiger charge is 2.59. The Kier molecular flexibility index (Phi) is 5.39. The summed E-state index contributed by atoms with van der Waals surface area (Å²) in [6.07, 6.45) is 5.03. The Bertz CT molecular complexity index is 1110. The number of nitrogens with zero attached hydrogens (tertiary/aromatic N) is 3. The summed E-state index contributed by atoms with van der Waals surface area (Å²) in [6.45, 7) is 2.29. The lowest BCUT2D eigenvalue weighted by Crippen LogP contribution is -2.54. The van der Waals surface area contributed by atoms with Crippen LogP contribution >= 0.6 is 11.3 Å². The van der Waals surface area contributed by atoms with Crippen LogP contribution in [0.15, 0.2) is 30.5 Å². The first-order valence-corrected chi connectivity index (χ1v) is 12.3. The number of hydrogen-bond donors (Lipinski definition) is 2. The average molecular weight is 468 g/mol. The first kappa shape index (κ1) is 21.9. The van der Waals surface area contributed by atoms with Gasteiger partial charge in [-0.15, -0.1) is 11.3 Å². The Labute approximate surface area is 197 Å². The van der Waals surface area contributed by atoms with Gasteiger partial charge in [0.15, 0.2) is 5.13 Å². The number of benzene rings is 1. The molecule has 1 aliphatic heterocycles. The van der Waals surface area contributed by atoms with Gasteiger partial charge in [0.05, 0.1) is 6.54 Å². The molecule has 0 radical (unpaired) electrons. The first-order valence-electron chi connectivity index (χ1n) is 11.5. The minimum atomic E-state index is -1.06. The fourth-order valence-electron chi connectivity index (χ4n) is 5.15. The van der Waals surface area contributed by atoms with Crippen LogP contribution in [0.4, 0.5) is 9.93 Å². The highest BCUT2D eigenvalue weighted by atomic mass is 32.1. The third kappa shape index (κ3) is 3.68. The molecule has 174 valence electrons. The summed E-state index contributed by atoms with van der Waals surface area (Å²) >= 11 is 1.50. The zero-order valence-corrected chi connectivity index (χ0v) is 19.9. The number of carbonyl (C=O) groups is 3. The molecule has 9 heteroatoms. The minimum absolute atomic E-state index is 0.106. The quantitative estimate of drug-likeness (QED) is 0.611. The van der Waals surface area contributed by atoms with Gasteiger partial charge in [0.1, 0.15) is 11.6 Å². The highest BCUT2D eigenvalue weighted by Crippen LogP contribution is 2.45. The lowest BCUT2D eigenvalue weighted by molar-refractivity contribution is -0.140. The molecular formula is C24H29N5O3S. The molecule has 1 aromatic carbocycles. The summed E-state index contributed by atoms with van der Waals surface area (Å²) in [7, 11) is 3.84. The van der Waals surface area contributed by atoms with Crippen molar-refractivity contribution < 1.29 is 14.4 Å². The van der Waals surface area contributed by atoms with Crippen LogP contribution < -0.4 is 15.5 Å². The van der Waals surface area contributed by atoms with Crippen molar-refractivity contribution >= 4 is 34.3 Å². The molecule has 1 saturated heterocycles. The molecule has 33 heavy (non-hydrogen) atoms. The van der Waals surface area contributed by atoms with Gasteiger partial charge in [-0.05, 0) is 48.6 Å². The summed E-state index contributed by atoms with van der Waals surface area (Å²) in [6, 6.07) is 6.44. The molecule has 1 saturated carbocycles. The predicted molar refractivity (Wildman–Crippen MR) is 126 cm³/mol. The number of urea groups is 1. The van der Waals surface area contributed by atoms with E-state index in [2.05, 4.69) is 15.6 Å². The predicted octanol–water partition coefficient (Wildman–Crippen LogP) is 2.63. The number of imide groups is 1. The van der Waals surface area contributed by atoms with Crippen LogP contribution in [-0.2, 0) is 28.1 Å². The van der Waals surface area contributed by atoms with Crippen molar-refractivity contribution in [3.05, 3.63) is 46.5 Å². The normalized spacial score (nSPS) is 23.4. The third-order valence-corrected chi connectivity index (χ3v) is 8.31. The molecule has 1 unspecified atom stereocenters. The van der Waals surface area contributed by atoms with E-state index in [9.17, 15) is 14.4 Å². The van der Waals surface area contributed by atoms with Crippen LogP contribution in [0.1, 0.15) is 42.2 Å². The van der Waals surface area contributed by atoms with E-state index in [0.717, 1.165) is 40.4 Å². The fraction of sp³-hybridized carbons (Fsp3) is 0.500. The lowest BCUT2D eigenvalue weighted by Gasteiger charge is -2.30. The molecular weight excluding hydrogens is 438 g/mol. The molecule has 2 aromatic rings. The standard InChI is InChI=1S/C24H29N5O3S/c1-14(15-8-9-15)19(20(30)25-12-17-13-26-23(33-17)28(2)3)29-21(31)24(27-22(29)32)11-10-16-6-4-5-7-18(16)24/h4-7,13-15,19H,8-12H2,1-3H3,(H,25,30)(H,27,32)/t14-,19?,24-/m0/s1. The maximum atomic E-state index is 13.8. The summed E-state index contributed by atoms with van der Waals surface area (Å²) in [4.78, 5) is 48.8. The number of aryl methyl sites for hydroxylation is 1. The largest absolute Gasteiger partial charge is 0.354 e. The van der Waals surface area contributed by atoms with Crippen molar-refractivity contribution in [3.8, 4) is 0 Å². The first-order chi connectivity index (χ1) is 15.8. The van der Waals surface area contributed by atoms with E-state index < -0.39 is 17.6 Å². The summed E-state index contributed by atoms with van der Waals surface area (Å²) in [5.74, 6) is -0.360.